The Hall–Kier alpha value is -2.49. The van der Waals surface area contributed by atoms with Gasteiger partial charge in [0, 0.05) is 23.6 Å². The van der Waals surface area contributed by atoms with Gasteiger partial charge in [0.2, 0.25) is 21.1 Å². The van der Waals surface area contributed by atoms with Gasteiger partial charge in [-0.1, -0.05) is 58.8 Å². The van der Waals surface area contributed by atoms with Crippen molar-refractivity contribution in [3.05, 3.63) is 59.1 Å². The number of carbonyl (C=O) groups is 1. The predicted octanol–water partition coefficient (Wildman–Crippen LogP) is 4.35. The highest BCUT2D eigenvalue weighted by molar-refractivity contribution is 7.92. The molecule has 3 rings (SSSR count). The van der Waals surface area contributed by atoms with Gasteiger partial charge in [-0.2, -0.15) is 0 Å². The number of hydrogen-bond acceptors (Lipinski definition) is 6. The summed E-state index contributed by atoms with van der Waals surface area (Å²) in [5.74, 6) is -0.249. The molecule has 0 aliphatic rings. The normalized spacial score (nSPS) is 11.3. The molecule has 1 aromatic heterocycles. The third-order valence-corrected chi connectivity index (χ3v) is 6.55. The minimum absolute atomic E-state index is 0.145. The Bertz CT molecular complexity index is 1130. The summed E-state index contributed by atoms with van der Waals surface area (Å²) in [4.78, 5) is 12.3. The molecule has 3 aromatic rings. The van der Waals surface area contributed by atoms with Gasteiger partial charge in [-0.3, -0.25) is 9.10 Å². The third kappa shape index (κ3) is 6.01. The van der Waals surface area contributed by atoms with E-state index in [0.717, 1.165) is 22.4 Å². The lowest BCUT2D eigenvalue weighted by Crippen LogP contribution is -2.31. The Kier molecular flexibility index (Phi) is 7.06. The molecule has 10 heteroatoms. The van der Waals surface area contributed by atoms with Gasteiger partial charge in [-0.15, -0.1) is 10.2 Å². The lowest BCUT2D eigenvalue weighted by atomic mass is 10.2. The van der Waals surface area contributed by atoms with Crippen molar-refractivity contribution in [3.8, 4) is 10.6 Å². The van der Waals surface area contributed by atoms with Gasteiger partial charge in [0.25, 0.3) is 0 Å². The van der Waals surface area contributed by atoms with Crippen LogP contribution >= 0.6 is 22.9 Å². The van der Waals surface area contributed by atoms with Crippen molar-refractivity contribution >= 4 is 49.7 Å². The monoisotopic (exact) mass is 464 g/mol. The average Bonchev–Trinajstić information content (AvgIpc) is 3.13. The summed E-state index contributed by atoms with van der Waals surface area (Å²) in [5.41, 5.74) is 2.55. The maximum Gasteiger partial charge on any atom is 0.232 e. The number of sulfonamides is 1. The molecule has 0 saturated heterocycles. The summed E-state index contributed by atoms with van der Waals surface area (Å²) < 4.78 is 25.5. The molecule has 0 saturated carbocycles. The van der Waals surface area contributed by atoms with Gasteiger partial charge < -0.3 is 5.32 Å². The first-order valence-corrected chi connectivity index (χ1v) is 12.2. The van der Waals surface area contributed by atoms with Crippen molar-refractivity contribution in [1.29, 1.82) is 0 Å². The van der Waals surface area contributed by atoms with Crippen molar-refractivity contribution in [3.63, 3.8) is 0 Å². The number of anilines is 2. The fourth-order valence-electron chi connectivity index (χ4n) is 2.77. The molecule has 0 aliphatic carbocycles. The largest absolute Gasteiger partial charge is 0.301 e. The summed E-state index contributed by atoms with van der Waals surface area (Å²) in [6, 6.07) is 14.5. The second kappa shape index (κ2) is 9.55. The summed E-state index contributed by atoms with van der Waals surface area (Å²) in [7, 11) is -3.50. The number of aryl methyl sites for hydroxylation is 1. The van der Waals surface area contributed by atoms with E-state index in [1.54, 1.807) is 24.3 Å². The van der Waals surface area contributed by atoms with E-state index in [1.165, 1.54) is 15.6 Å². The van der Waals surface area contributed by atoms with Crippen molar-refractivity contribution in [1.82, 2.24) is 10.2 Å². The number of benzene rings is 2. The van der Waals surface area contributed by atoms with E-state index in [1.807, 2.05) is 31.2 Å². The minimum Gasteiger partial charge on any atom is -0.301 e. The molecule has 0 bridgehead atoms. The highest BCUT2D eigenvalue weighted by atomic mass is 35.5. The quantitative estimate of drug-likeness (QED) is 0.535. The molecule has 0 unspecified atom stereocenters. The molecule has 1 heterocycles. The molecule has 1 amide bonds. The molecule has 158 valence electrons. The van der Waals surface area contributed by atoms with Crippen LogP contribution in [-0.2, 0) is 14.8 Å². The first kappa shape index (κ1) is 22.2. The van der Waals surface area contributed by atoms with E-state index in [9.17, 15) is 13.2 Å². The van der Waals surface area contributed by atoms with Crippen LogP contribution in [0.4, 0.5) is 10.8 Å². The minimum atomic E-state index is -3.50. The van der Waals surface area contributed by atoms with Crippen LogP contribution < -0.4 is 9.62 Å². The zero-order chi connectivity index (χ0) is 21.7. The zero-order valence-corrected chi connectivity index (χ0v) is 18.9. The highest BCUT2D eigenvalue weighted by Gasteiger charge is 2.18. The molecule has 30 heavy (non-hydrogen) atoms. The van der Waals surface area contributed by atoms with Crippen LogP contribution in [0.2, 0.25) is 5.02 Å². The van der Waals surface area contributed by atoms with E-state index in [4.69, 9.17) is 11.6 Å². The lowest BCUT2D eigenvalue weighted by Gasteiger charge is -2.22. The number of halogens is 1. The van der Waals surface area contributed by atoms with Gasteiger partial charge >= 0.3 is 0 Å². The SMILES string of the molecule is Cc1ccc(-c2nnc(NC(=O)CCCN(c3cccc(Cl)c3)S(C)(=O)=O)s2)cc1. The molecule has 0 aliphatic heterocycles. The van der Waals surface area contributed by atoms with Gasteiger partial charge in [-0.25, -0.2) is 8.42 Å². The van der Waals surface area contributed by atoms with Crippen molar-refractivity contribution in [2.45, 2.75) is 19.8 Å². The van der Waals surface area contributed by atoms with Gasteiger partial charge in [0.15, 0.2) is 0 Å². The molecule has 0 radical (unpaired) electrons. The molecule has 0 atom stereocenters. The maximum absolute atomic E-state index is 12.3. The number of nitrogens with zero attached hydrogens (tertiary/aromatic N) is 3. The van der Waals surface area contributed by atoms with Crippen LogP contribution in [0.5, 0.6) is 0 Å². The number of carbonyl (C=O) groups excluding carboxylic acids is 1. The van der Waals surface area contributed by atoms with Crippen molar-refractivity contribution < 1.29 is 13.2 Å². The lowest BCUT2D eigenvalue weighted by molar-refractivity contribution is -0.116. The highest BCUT2D eigenvalue weighted by Crippen LogP contribution is 2.27. The molecule has 7 nitrogen and oxygen atoms in total. The second-order valence-electron chi connectivity index (χ2n) is 6.75. The molecule has 0 fully saturated rings. The molecular weight excluding hydrogens is 444 g/mol. The molecule has 1 N–H and O–H groups in total. The van der Waals surface area contributed by atoms with Crippen LogP contribution in [0.1, 0.15) is 18.4 Å². The van der Waals surface area contributed by atoms with Gasteiger partial charge in [0.05, 0.1) is 11.9 Å². The van der Waals surface area contributed by atoms with Gasteiger partial charge in [0.1, 0.15) is 5.01 Å². The number of amides is 1. The van der Waals surface area contributed by atoms with E-state index in [-0.39, 0.29) is 18.9 Å². The maximum atomic E-state index is 12.3. The first-order valence-electron chi connectivity index (χ1n) is 9.16. The van der Waals surface area contributed by atoms with E-state index in [0.29, 0.717) is 22.3 Å². The summed E-state index contributed by atoms with van der Waals surface area (Å²) in [6.45, 7) is 2.17. The third-order valence-electron chi connectivity index (χ3n) is 4.23. The Morgan fingerprint density at radius 1 is 1.17 bits per heavy atom. The van der Waals surface area contributed by atoms with Crippen LogP contribution in [-0.4, -0.2) is 37.3 Å². The van der Waals surface area contributed by atoms with Crippen LogP contribution in [0, 0.1) is 6.92 Å². The number of rotatable bonds is 8. The van der Waals surface area contributed by atoms with Gasteiger partial charge in [-0.05, 0) is 31.5 Å². The average molecular weight is 465 g/mol. The van der Waals surface area contributed by atoms with Crippen LogP contribution in [0.25, 0.3) is 10.6 Å². The van der Waals surface area contributed by atoms with Crippen molar-refractivity contribution in [2.24, 2.45) is 0 Å². The summed E-state index contributed by atoms with van der Waals surface area (Å²) >= 11 is 7.26. The fraction of sp³-hybridized carbons (Fsp3) is 0.250. The molecule has 2 aromatic carbocycles. The van der Waals surface area contributed by atoms with Crippen LogP contribution in [0.15, 0.2) is 48.5 Å². The first-order chi connectivity index (χ1) is 14.2. The number of aromatic nitrogens is 2. The Balaban J connectivity index is 1.57. The Morgan fingerprint density at radius 3 is 2.57 bits per heavy atom. The number of hydrogen-bond donors (Lipinski definition) is 1. The van der Waals surface area contributed by atoms with Crippen molar-refractivity contribution in [2.75, 3.05) is 22.4 Å². The predicted molar refractivity (Wildman–Crippen MR) is 122 cm³/mol. The zero-order valence-electron chi connectivity index (χ0n) is 16.5. The van der Waals surface area contributed by atoms with E-state index < -0.39 is 10.0 Å². The number of nitrogens with one attached hydrogen (secondary N) is 1. The van der Waals surface area contributed by atoms with E-state index >= 15 is 0 Å². The summed E-state index contributed by atoms with van der Waals surface area (Å²) in [6.07, 6.45) is 1.61. The van der Waals surface area contributed by atoms with Crippen LogP contribution in [0.3, 0.4) is 0 Å². The second-order valence-corrected chi connectivity index (χ2v) is 10.1. The topological polar surface area (TPSA) is 92.3 Å². The summed E-state index contributed by atoms with van der Waals surface area (Å²) in [5, 5.41) is 12.4. The Morgan fingerprint density at radius 2 is 1.90 bits per heavy atom. The smallest absolute Gasteiger partial charge is 0.232 e. The molecular formula is C20H21ClN4O3S2. The Labute approximate surface area is 184 Å². The van der Waals surface area contributed by atoms with E-state index in [2.05, 4.69) is 15.5 Å². The standard InChI is InChI=1S/C20H21ClN4O3S2/c1-14-8-10-15(11-9-14)19-23-24-20(29-19)22-18(26)7-4-12-25(30(2,27)28)17-6-3-5-16(21)13-17/h3,5-6,8-11,13H,4,7,12H2,1-2H3,(H,22,24,26). The molecule has 0 spiro atoms. The fourth-order valence-corrected chi connectivity index (χ4v) is 4.68.